The second kappa shape index (κ2) is 6.88. The zero-order valence-corrected chi connectivity index (χ0v) is 11.2. The van der Waals surface area contributed by atoms with Gasteiger partial charge in [-0.25, -0.2) is 4.79 Å². The molecule has 2 atom stereocenters. The van der Waals surface area contributed by atoms with E-state index in [2.05, 4.69) is 9.47 Å². The van der Waals surface area contributed by atoms with E-state index in [1.165, 1.54) is 32.4 Å². The van der Waals surface area contributed by atoms with Crippen molar-refractivity contribution >= 4 is 17.6 Å². The summed E-state index contributed by atoms with van der Waals surface area (Å²) in [4.78, 5) is 22.4. The number of anilines is 1. The Bertz CT molecular complexity index is 502. The van der Waals surface area contributed by atoms with E-state index in [0.717, 1.165) is 0 Å². The second-order valence-electron chi connectivity index (χ2n) is 4.13. The number of carbonyl (C=O) groups excluding carboxylic acids is 2. The van der Waals surface area contributed by atoms with E-state index in [9.17, 15) is 19.8 Å². The summed E-state index contributed by atoms with van der Waals surface area (Å²) in [6, 6.07) is 4.13. The molecule has 110 valence electrons. The third-order valence-electron chi connectivity index (χ3n) is 2.79. The van der Waals surface area contributed by atoms with E-state index in [1.807, 2.05) is 0 Å². The molecule has 0 aliphatic rings. The first-order valence-electron chi connectivity index (χ1n) is 5.81. The molecule has 0 bridgehead atoms. The van der Waals surface area contributed by atoms with Gasteiger partial charge in [-0.2, -0.15) is 0 Å². The molecule has 7 nitrogen and oxygen atoms in total. The van der Waals surface area contributed by atoms with Crippen LogP contribution in [0.5, 0.6) is 0 Å². The number of aliphatic hydroxyl groups is 2. The van der Waals surface area contributed by atoms with Gasteiger partial charge < -0.3 is 25.4 Å². The lowest BCUT2D eigenvalue weighted by Gasteiger charge is -2.19. The number of aliphatic hydroxyl groups excluding tert-OH is 2. The average Bonchev–Trinajstić information content (AvgIpc) is 2.45. The predicted molar refractivity (Wildman–Crippen MR) is 69.8 cm³/mol. The van der Waals surface area contributed by atoms with Crippen molar-refractivity contribution in [2.24, 2.45) is 0 Å². The van der Waals surface area contributed by atoms with Crippen LogP contribution in [0.3, 0.4) is 0 Å². The van der Waals surface area contributed by atoms with Crippen LogP contribution in [0.15, 0.2) is 18.2 Å². The highest BCUT2D eigenvalue weighted by atomic mass is 16.5. The lowest BCUT2D eigenvalue weighted by Crippen LogP contribution is -2.23. The highest BCUT2D eigenvalue weighted by Crippen LogP contribution is 2.26. The first-order valence-corrected chi connectivity index (χ1v) is 5.81. The normalized spacial score (nSPS) is 13.4. The summed E-state index contributed by atoms with van der Waals surface area (Å²) in [6.45, 7) is 0. The van der Waals surface area contributed by atoms with Gasteiger partial charge in [0.2, 0.25) is 0 Å². The molecule has 0 aliphatic carbocycles. The number of ether oxygens (including phenoxy) is 2. The molecule has 7 heteroatoms. The maximum atomic E-state index is 11.3. The van der Waals surface area contributed by atoms with Crippen LogP contribution < -0.4 is 5.73 Å². The Balaban J connectivity index is 2.91. The van der Waals surface area contributed by atoms with Crippen molar-refractivity contribution < 1.29 is 29.3 Å². The van der Waals surface area contributed by atoms with E-state index in [-0.39, 0.29) is 23.2 Å². The van der Waals surface area contributed by atoms with Crippen molar-refractivity contribution in [1.82, 2.24) is 0 Å². The number of nitrogens with two attached hydrogens (primary N) is 1. The molecule has 0 heterocycles. The Hall–Kier alpha value is -2.12. The number of benzene rings is 1. The first kappa shape index (κ1) is 15.9. The van der Waals surface area contributed by atoms with Crippen molar-refractivity contribution in [1.29, 1.82) is 0 Å². The van der Waals surface area contributed by atoms with Crippen LogP contribution in [0.4, 0.5) is 5.69 Å². The Morgan fingerprint density at radius 1 is 1.25 bits per heavy atom. The van der Waals surface area contributed by atoms with E-state index in [1.54, 1.807) is 0 Å². The first-order chi connectivity index (χ1) is 9.40. The molecule has 0 spiro atoms. The fourth-order valence-corrected chi connectivity index (χ4v) is 1.66. The Kier molecular flexibility index (Phi) is 5.48. The Labute approximate surface area is 115 Å². The lowest BCUT2D eigenvalue weighted by molar-refractivity contribution is -0.144. The number of esters is 2. The van der Waals surface area contributed by atoms with Crippen LogP contribution in [-0.2, 0) is 14.3 Å². The van der Waals surface area contributed by atoms with Gasteiger partial charge in [-0.1, -0.05) is 6.07 Å². The number of methoxy groups -OCH3 is 2. The van der Waals surface area contributed by atoms with Crippen molar-refractivity contribution in [2.45, 2.75) is 18.6 Å². The number of rotatable bonds is 5. The molecule has 0 amide bonds. The Morgan fingerprint density at radius 3 is 2.40 bits per heavy atom. The molecular formula is C13H17NO6. The molecule has 1 aromatic rings. The van der Waals surface area contributed by atoms with E-state index >= 15 is 0 Å². The third-order valence-corrected chi connectivity index (χ3v) is 2.79. The zero-order chi connectivity index (χ0) is 15.3. The SMILES string of the molecule is COC(=O)CC(O)C(O)c1ccc(C(=O)OC)cc1N. The summed E-state index contributed by atoms with van der Waals surface area (Å²) in [6.07, 6.45) is -3.08. The summed E-state index contributed by atoms with van der Waals surface area (Å²) in [7, 11) is 2.42. The Morgan fingerprint density at radius 2 is 1.90 bits per heavy atom. The zero-order valence-electron chi connectivity index (χ0n) is 11.2. The smallest absolute Gasteiger partial charge is 0.337 e. The average molecular weight is 283 g/mol. The number of hydrogen-bond acceptors (Lipinski definition) is 7. The summed E-state index contributed by atoms with van der Waals surface area (Å²) in [5.74, 6) is -1.21. The molecule has 4 N–H and O–H groups in total. The van der Waals surface area contributed by atoms with Crippen LogP contribution in [0.2, 0.25) is 0 Å². The topological polar surface area (TPSA) is 119 Å². The van der Waals surface area contributed by atoms with Gasteiger partial charge in [0, 0.05) is 11.3 Å². The van der Waals surface area contributed by atoms with Gasteiger partial charge in [0.05, 0.1) is 32.3 Å². The minimum atomic E-state index is -1.36. The molecular weight excluding hydrogens is 266 g/mol. The molecule has 20 heavy (non-hydrogen) atoms. The summed E-state index contributed by atoms with van der Waals surface area (Å²) in [5.41, 5.74) is 6.28. The van der Waals surface area contributed by atoms with Gasteiger partial charge in [0.1, 0.15) is 6.10 Å². The number of hydrogen-bond donors (Lipinski definition) is 3. The van der Waals surface area contributed by atoms with Crippen LogP contribution in [-0.4, -0.2) is 42.5 Å². The second-order valence-corrected chi connectivity index (χ2v) is 4.13. The lowest BCUT2D eigenvalue weighted by atomic mass is 9.99. The molecule has 1 aromatic carbocycles. The van der Waals surface area contributed by atoms with E-state index < -0.39 is 24.1 Å². The molecule has 0 aromatic heterocycles. The van der Waals surface area contributed by atoms with Gasteiger partial charge in [0.25, 0.3) is 0 Å². The van der Waals surface area contributed by atoms with E-state index in [0.29, 0.717) is 0 Å². The van der Waals surface area contributed by atoms with Gasteiger partial charge in [-0.3, -0.25) is 4.79 Å². The molecule has 0 saturated carbocycles. The maximum absolute atomic E-state index is 11.3. The fourth-order valence-electron chi connectivity index (χ4n) is 1.66. The van der Waals surface area contributed by atoms with Crippen molar-refractivity contribution in [3.05, 3.63) is 29.3 Å². The predicted octanol–water partition coefficient (Wildman–Crippen LogP) is 0.0128. The van der Waals surface area contributed by atoms with Gasteiger partial charge in [0.15, 0.2) is 0 Å². The minimum Gasteiger partial charge on any atom is -0.469 e. The van der Waals surface area contributed by atoms with Crippen molar-refractivity contribution in [3.8, 4) is 0 Å². The standard InChI is InChI=1S/C13H17NO6/c1-19-11(16)6-10(15)12(17)8-4-3-7(5-9(8)14)13(18)20-2/h3-5,10,12,15,17H,6,14H2,1-2H3. The van der Waals surface area contributed by atoms with Crippen molar-refractivity contribution in [2.75, 3.05) is 20.0 Å². The number of carbonyl (C=O) groups is 2. The van der Waals surface area contributed by atoms with Gasteiger partial charge in [-0.15, -0.1) is 0 Å². The van der Waals surface area contributed by atoms with Crippen LogP contribution in [0.25, 0.3) is 0 Å². The fraction of sp³-hybridized carbons (Fsp3) is 0.385. The summed E-state index contributed by atoms with van der Waals surface area (Å²) in [5, 5.41) is 19.7. The quantitative estimate of drug-likeness (QED) is 0.514. The van der Waals surface area contributed by atoms with Gasteiger partial charge >= 0.3 is 11.9 Å². The molecule has 0 radical (unpaired) electrons. The third kappa shape index (κ3) is 3.69. The largest absolute Gasteiger partial charge is 0.469 e. The van der Waals surface area contributed by atoms with Gasteiger partial charge in [-0.05, 0) is 12.1 Å². The van der Waals surface area contributed by atoms with Crippen molar-refractivity contribution in [3.63, 3.8) is 0 Å². The van der Waals surface area contributed by atoms with E-state index in [4.69, 9.17) is 5.73 Å². The summed E-state index contributed by atoms with van der Waals surface area (Å²) < 4.78 is 8.94. The molecule has 1 rings (SSSR count). The molecule has 0 saturated heterocycles. The maximum Gasteiger partial charge on any atom is 0.337 e. The number of nitrogen functional groups attached to an aromatic ring is 1. The molecule has 2 unspecified atom stereocenters. The highest BCUT2D eigenvalue weighted by molar-refractivity contribution is 5.90. The van der Waals surface area contributed by atoms with Crippen LogP contribution >= 0.6 is 0 Å². The monoisotopic (exact) mass is 283 g/mol. The minimum absolute atomic E-state index is 0.115. The molecule has 0 fully saturated rings. The van der Waals surface area contributed by atoms with Crippen LogP contribution in [0, 0.1) is 0 Å². The van der Waals surface area contributed by atoms with Crippen LogP contribution in [0.1, 0.15) is 28.4 Å². The summed E-state index contributed by atoms with van der Waals surface area (Å²) >= 11 is 0. The highest BCUT2D eigenvalue weighted by Gasteiger charge is 2.24. The molecule has 0 aliphatic heterocycles.